The highest BCUT2D eigenvalue weighted by molar-refractivity contribution is 7.92. The minimum Gasteiger partial charge on any atom is -0.385 e. The number of methoxy groups -OCH3 is 1. The summed E-state index contributed by atoms with van der Waals surface area (Å²) in [4.78, 5) is 12.1. The third-order valence-corrected chi connectivity index (χ3v) is 5.17. The van der Waals surface area contributed by atoms with E-state index in [-0.39, 0.29) is 11.5 Å². The summed E-state index contributed by atoms with van der Waals surface area (Å²) in [6.07, 6.45) is 0.407. The maximum Gasteiger partial charge on any atom is 0.180 e. The van der Waals surface area contributed by atoms with Crippen molar-refractivity contribution in [3.63, 3.8) is 0 Å². The van der Waals surface area contributed by atoms with Gasteiger partial charge in [-0.2, -0.15) is 0 Å². The van der Waals surface area contributed by atoms with E-state index < -0.39 is 15.1 Å². The fourth-order valence-electron chi connectivity index (χ4n) is 1.70. The minimum atomic E-state index is -3.42. The van der Waals surface area contributed by atoms with E-state index in [4.69, 9.17) is 4.74 Å². The summed E-state index contributed by atoms with van der Waals surface area (Å²) in [5.41, 5.74) is 1.47. The topological polar surface area (TPSA) is 60.4 Å². The lowest BCUT2D eigenvalue weighted by Gasteiger charge is -2.12. The van der Waals surface area contributed by atoms with Crippen LogP contribution in [-0.2, 0) is 14.6 Å². The zero-order valence-corrected chi connectivity index (χ0v) is 12.4. The van der Waals surface area contributed by atoms with Crippen molar-refractivity contribution in [2.24, 2.45) is 0 Å². The second-order valence-electron chi connectivity index (χ2n) is 4.59. The van der Waals surface area contributed by atoms with Gasteiger partial charge >= 0.3 is 0 Å². The molecule has 1 atom stereocenters. The van der Waals surface area contributed by atoms with Crippen LogP contribution in [0.15, 0.2) is 24.3 Å². The zero-order valence-electron chi connectivity index (χ0n) is 11.5. The standard InChI is InChI=1S/C14H20O4S/c1-11-5-7-13(8-6-11)14(15)12(2)19(16,17)10-4-9-18-3/h5-8,12H,4,9-10H2,1-3H3. The van der Waals surface area contributed by atoms with Crippen molar-refractivity contribution in [2.45, 2.75) is 25.5 Å². The molecule has 1 aromatic carbocycles. The number of ether oxygens (including phenoxy) is 1. The van der Waals surface area contributed by atoms with Crippen molar-refractivity contribution in [3.05, 3.63) is 35.4 Å². The highest BCUT2D eigenvalue weighted by atomic mass is 32.2. The van der Waals surface area contributed by atoms with E-state index >= 15 is 0 Å². The first-order valence-electron chi connectivity index (χ1n) is 6.20. The van der Waals surface area contributed by atoms with Crippen molar-refractivity contribution in [3.8, 4) is 0 Å². The Bertz CT molecular complexity index is 517. The Labute approximate surface area is 114 Å². The first kappa shape index (κ1) is 15.9. The van der Waals surface area contributed by atoms with Crippen LogP contribution in [0.4, 0.5) is 0 Å². The fourth-order valence-corrected chi connectivity index (χ4v) is 3.03. The van der Waals surface area contributed by atoms with Crippen LogP contribution in [0.1, 0.15) is 29.3 Å². The molecule has 5 heteroatoms. The van der Waals surface area contributed by atoms with Crippen molar-refractivity contribution >= 4 is 15.6 Å². The van der Waals surface area contributed by atoms with Gasteiger partial charge in [0.05, 0.1) is 5.75 Å². The Morgan fingerprint density at radius 2 is 1.84 bits per heavy atom. The van der Waals surface area contributed by atoms with Crippen LogP contribution >= 0.6 is 0 Å². The fraction of sp³-hybridized carbons (Fsp3) is 0.500. The first-order valence-corrected chi connectivity index (χ1v) is 7.91. The third-order valence-electron chi connectivity index (χ3n) is 3.02. The summed E-state index contributed by atoms with van der Waals surface area (Å²) < 4.78 is 28.8. The van der Waals surface area contributed by atoms with Gasteiger partial charge in [0, 0.05) is 19.3 Å². The lowest BCUT2D eigenvalue weighted by Crippen LogP contribution is -2.30. The molecule has 106 valence electrons. The second-order valence-corrected chi connectivity index (χ2v) is 7.03. The van der Waals surface area contributed by atoms with E-state index in [1.807, 2.05) is 6.92 Å². The number of rotatable bonds is 7. The van der Waals surface area contributed by atoms with E-state index in [0.29, 0.717) is 18.6 Å². The van der Waals surface area contributed by atoms with Crippen LogP contribution in [0.3, 0.4) is 0 Å². The number of carbonyl (C=O) groups is 1. The molecule has 1 aromatic rings. The molecule has 0 aromatic heterocycles. The number of Topliss-reactive ketones (excluding diaryl/α,β-unsaturated/α-hetero) is 1. The van der Waals surface area contributed by atoms with E-state index in [1.165, 1.54) is 14.0 Å². The number of sulfone groups is 1. The Balaban J connectivity index is 2.78. The van der Waals surface area contributed by atoms with Gasteiger partial charge < -0.3 is 4.74 Å². The summed E-state index contributed by atoms with van der Waals surface area (Å²) in [6, 6.07) is 6.94. The second kappa shape index (κ2) is 6.82. The lowest BCUT2D eigenvalue weighted by molar-refractivity contribution is 0.0991. The molecule has 0 heterocycles. The van der Waals surface area contributed by atoms with Gasteiger partial charge in [-0.3, -0.25) is 4.79 Å². The molecule has 0 aliphatic carbocycles. The quantitative estimate of drug-likeness (QED) is 0.567. The monoisotopic (exact) mass is 284 g/mol. The molecule has 0 aliphatic rings. The first-order chi connectivity index (χ1) is 8.88. The molecular weight excluding hydrogens is 264 g/mol. The molecule has 0 fully saturated rings. The number of hydrogen-bond donors (Lipinski definition) is 0. The van der Waals surface area contributed by atoms with Crippen molar-refractivity contribution in [1.82, 2.24) is 0 Å². The third kappa shape index (κ3) is 4.44. The number of hydrogen-bond acceptors (Lipinski definition) is 4. The highest BCUT2D eigenvalue weighted by Gasteiger charge is 2.28. The van der Waals surface area contributed by atoms with Crippen molar-refractivity contribution < 1.29 is 17.9 Å². The molecule has 0 saturated carbocycles. The van der Waals surface area contributed by atoms with E-state index in [2.05, 4.69) is 0 Å². The Morgan fingerprint density at radius 1 is 1.26 bits per heavy atom. The van der Waals surface area contributed by atoms with Crippen LogP contribution in [-0.4, -0.2) is 38.9 Å². The summed E-state index contributed by atoms with van der Waals surface area (Å²) in [5, 5.41) is -1.01. The van der Waals surface area contributed by atoms with Gasteiger partial charge in [0.2, 0.25) is 0 Å². The highest BCUT2D eigenvalue weighted by Crippen LogP contribution is 2.13. The van der Waals surface area contributed by atoms with E-state index in [0.717, 1.165) is 5.56 Å². The van der Waals surface area contributed by atoms with Gasteiger partial charge in [-0.15, -0.1) is 0 Å². The molecule has 19 heavy (non-hydrogen) atoms. The molecule has 0 radical (unpaired) electrons. The molecular formula is C14H20O4S. The Hall–Kier alpha value is -1.20. The predicted molar refractivity (Wildman–Crippen MR) is 75.3 cm³/mol. The molecule has 0 spiro atoms. The SMILES string of the molecule is COCCCS(=O)(=O)C(C)C(=O)c1ccc(C)cc1. The molecule has 0 saturated heterocycles. The average Bonchev–Trinajstić information content (AvgIpc) is 2.38. The summed E-state index contributed by atoms with van der Waals surface area (Å²) in [5.74, 6) is -0.378. The molecule has 0 amide bonds. The maximum atomic E-state index is 12.1. The van der Waals surface area contributed by atoms with E-state index in [1.54, 1.807) is 24.3 Å². The number of carbonyl (C=O) groups excluding carboxylic acids is 1. The van der Waals surface area contributed by atoms with Crippen molar-refractivity contribution in [2.75, 3.05) is 19.5 Å². The summed E-state index contributed by atoms with van der Waals surface area (Å²) in [7, 11) is -1.90. The van der Waals surface area contributed by atoms with Crippen LogP contribution in [0, 0.1) is 6.92 Å². The maximum absolute atomic E-state index is 12.1. The van der Waals surface area contributed by atoms with Gasteiger partial charge in [-0.25, -0.2) is 8.42 Å². The zero-order chi connectivity index (χ0) is 14.5. The Morgan fingerprint density at radius 3 is 2.37 bits per heavy atom. The van der Waals surface area contributed by atoms with Crippen molar-refractivity contribution in [1.29, 1.82) is 0 Å². The largest absolute Gasteiger partial charge is 0.385 e. The van der Waals surface area contributed by atoms with Crippen LogP contribution in [0.25, 0.3) is 0 Å². The number of aryl methyl sites for hydroxylation is 1. The predicted octanol–water partition coefficient (Wildman–Crippen LogP) is 2.02. The van der Waals surface area contributed by atoms with Gasteiger partial charge in [-0.05, 0) is 20.3 Å². The smallest absolute Gasteiger partial charge is 0.180 e. The molecule has 0 aliphatic heterocycles. The Kier molecular flexibility index (Phi) is 5.69. The minimum absolute atomic E-state index is 0.0282. The molecule has 4 nitrogen and oxygen atoms in total. The van der Waals surface area contributed by atoms with E-state index in [9.17, 15) is 13.2 Å². The van der Waals surface area contributed by atoms with Gasteiger partial charge in [-0.1, -0.05) is 29.8 Å². The van der Waals surface area contributed by atoms with Crippen LogP contribution in [0.2, 0.25) is 0 Å². The van der Waals surface area contributed by atoms with Gasteiger partial charge in [0.1, 0.15) is 5.25 Å². The van der Waals surface area contributed by atoms with Gasteiger partial charge in [0.15, 0.2) is 15.6 Å². The molecule has 1 unspecified atom stereocenters. The normalized spacial score (nSPS) is 13.2. The van der Waals surface area contributed by atoms with Gasteiger partial charge in [0.25, 0.3) is 0 Å². The molecule has 0 N–H and O–H groups in total. The lowest BCUT2D eigenvalue weighted by atomic mass is 10.1. The number of benzene rings is 1. The summed E-state index contributed by atoms with van der Waals surface area (Å²) >= 11 is 0. The summed E-state index contributed by atoms with van der Waals surface area (Å²) in [6.45, 7) is 3.74. The molecule has 0 bridgehead atoms. The number of ketones is 1. The van der Waals surface area contributed by atoms with Crippen LogP contribution in [0.5, 0.6) is 0 Å². The molecule has 1 rings (SSSR count). The van der Waals surface area contributed by atoms with Crippen LogP contribution < -0.4 is 0 Å². The average molecular weight is 284 g/mol.